The highest BCUT2D eigenvalue weighted by Gasteiger charge is 2.47. The lowest BCUT2D eigenvalue weighted by atomic mass is 10.1. The third kappa shape index (κ3) is 3.44. The first-order valence-corrected chi connectivity index (χ1v) is 15.1. The molecule has 2 heterocycles. The van der Waals surface area contributed by atoms with Crippen LogP contribution >= 0.6 is 0 Å². The van der Waals surface area contributed by atoms with Crippen LogP contribution in [0.15, 0.2) is 40.8 Å². The van der Waals surface area contributed by atoms with Crippen LogP contribution in [0.1, 0.15) is 28.8 Å². The average Bonchev–Trinajstić information content (AvgIpc) is 3.06. The van der Waals surface area contributed by atoms with Crippen LogP contribution < -0.4 is 0 Å². The lowest BCUT2D eigenvalue weighted by molar-refractivity contribution is 0.186. The molecule has 0 amide bonds. The van der Waals surface area contributed by atoms with Crippen molar-refractivity contribution in [3.8, 4) is 0 Å². The van der Waals surface area contributed by atoms with Gasteiger partial charge in [0.05, 0.1) is 0 Å². The fourth-order valence-electron chi connectivity index (χ4n) is 3.82. The van der Waals surface area contributed by atoms with E-state index in [1.165, 1.54) is 17.7 Å². The van der Waals surface area contributed by atoms with Gasteiger partial charge in [0.25, 0.3) is 0 Å². The maximum atomic E-state index is 10.6. The quantitative estimate of drug-likeness (QED) is 0.789. The Morgan fingerprint density at radius 3 is 2.17 bits per heavy atom. The van der Waals surface area contributed by atoms with Crippen LogP contribution in [0.3, 0.4) is 0 Å². The van der Waals surface area contributed by atoms with Gasteiger partial charge in [-0.1, -0.05) is 56.0 Å². The number of nitrogens with zero attached hydrogens (tertiary/aromatic N) is 1. The predicted molar refractivity (Wildman–Crippen MR) is 104 cm³/mol. The molecular weight excluding hydrogens is 330 g/mol. The summed E-state index contributed by atoms with van der Waals surface area (Å²) in [5.41, 5.74) is 2.08. The molecule has 2 aromatic rings. The molecule has 0 aliphatic carbocycles. The largest absolute Gasteiger partial charge is 0.462 e. The summed E-state index contributed by atoms with van der Waals surface area (Å²) in [4.78, 5) is 0. The third-order valence-electron chi connectivity index (χ3n) is 5.47. The van der Waals surface area contributed by atoms with Gasteiger partial charge in [-0.15, -0.1) is 0 Å². The lowest BCUT2D eigenvalue weighted by Gasteiger charge is -2.38. The zero-order valence-corrected chi connectivity index (χ0v) is 17.5. The van der Waals surface area contributed by atoms with E-state index >= 15 is 0 Å². The molecule has 1 saturated heterocycles. The van der Waals surface area contributed by atoms with Crippen molar-refractivity contribution in [2.24, 2.45) is 0 Å². The average molecular weight is 360 g/mol. The number of aryl methyl sites for hydroxylation is 1. The molecule has 0 spiro atoms. The molecule has 0 radical (unpaired) electrons. The van der Waals surface area contributed by atoms with Gasteiger partial charge in [-0.05, 0) is 36.7 Å². The number of rotatable bonds is 4. The van der Waals surface area contributed by atoms with Crippen molar-refractivity contribution in [3.63, 3.8) is 0 Å². The summed E-state index contributed by atoms with van der Waals surface area (Å²) in [6.45, 7) is 12.8. The topological polar surface area (TPSA) is 36.6 Å². The van der Waals surface area contributed by atoms with Crippen LogP contribution in [0.2, 0.25) is 38.3 Å². The summed E-state index contributed by atoms with van der Waals surface area (Å²) in [5.74, 6) is 1.63. The first-order valence-electron chi connectivity index (χ1n) is 8.80. The van der Waals surface area contributed by atoms with E-state index in [-0.39, 0.29) is 0 Å². The minimum Gasteiger partial charge on any atom is -0.462 e. The summed E-state index contributed by atoms with van der Waals surface area (Å²) in [6.07, 6.45) is -0.687. The van der Waals surface area contributed by atoms with Crippen molar-refractivity contribution in [2.45, 2.75) is 57.8 Å². The normalized spacial score (nSPS) is 21.1. The predicted octanol–water partition coefficient (Wildman–Crippen LogP) is 4.90. The van der Waals surface area contributed by atoms with Crippen LogP contribution in [0, 0.1) is 6.92 Å². The van der Waals surface area contributed by atoms with Crippen LogP contribution in [0.4, 0.5) is 0 Å². The van der Waals surface area contributed by atoms with Crippen molar-refractivity contribution < 1.29 is 9.52 Å². The maximum Gasteiger partial charge on any atom is 0.137 e. The maximum absolute atomic E-state index is 10.6. The molecule has 3 rings (SSSR count). The summed E-state index contributed by atoms with van der Waals surface area (Å²) < 4.78 is 8.82. The molecule has 1 aliphatic heterocycles. The zero-order chi connectivity index (χ0) is 17.5. The fourth-order valence-corrected chi connectivity index (χ4v) is 17.7. The van der Waals surface area contributed by atoms with E-state index in [0.717, 1.165) is 17.9 Å². The number of aliphatic hydroxyl groups excluding tert-OH is 1. The van der Waals surface area contributed by atoms with E-state index in [1.54, 1.807) is 0 Å². The van der Waals surface area contributed by atoms with Gasteiger partial charge in [-0.25, -0.2) is 0 Å². The molecule has 5 heteroatoms. The highest BCUT2D eigenvalue weighted by Crippen LogP contribution is 2.38. The molecule has 1 fully saturated rings. The number of hydrogen-bond acceptors (Lipinski definition) is 3. The summed E-state index contributed by atoms with van der Waals surface area (Å²) in [5, 5.41) is 10.6. The van der Waals surface area contributed by atoms with Gasteiger partial charge in [-0.2, -0.15) is 0 Å². The van der Waals surface area contributed by atoms with E-state index < -0.39 is 22.6 Å². The first-order chi connectivity index (χ1) is 11.2. The Morgan fingerprint density at radius 2 is 1.58 bits per heavy atom. The summed E-state index contributed by atoms with van der Waals surface area (Å²) in [7, 11) is -2.61. The number of aliphatic hydroxyl groups is 1. The number of benzene rings is 1. The van der Waals surface area contributed by atoms with Gasteiger partial charge < -0.3 is 13.8 Å². The van der Waals surface area contributed by atoms with Gasteiger partial charge in [0.15, 0.2) is 0 Å². The third-order valence-corrected chi connectivity index (χ3v) is 15.8. The molecule has 1 aromatic heterocycles. The van der Waals surface area contributed by atoms with Crippen LogP contribution in [-0.4, -0.2) is 25.8 Å². The summed E-state index contributed by atoms with van der Waals surface area (Å²) >= 11 is 0. The Bertz CT molecular complexity index is 690. The smallest absolute Gasteiger partial charge is 0.137 e. The molecule has 1 atom stereocenters. The minimum atomic E-state index is -1.30. The Hall–Kier alpha value is -1.15. The molecule has 130 valence electrons. The molecule has 1 unspecified atom stereocenters. The first kappa shape index (κ1) is 17.7. The molecule has 0 bridgehead atoms. The highest BCUT2D eigenvalue weighted by molar-refractivity contribution is 6.95. The standard InChI is InChI=1S/C19H29NO2Si2/c1-15-6-8-16(9-7-15)19(21)18-11-10-17(22-18)14-20-23(2,3)12-13-24(20,4)5/h6-11,19,21H,12-14H2,1-5H3. The molecule has 0 saturated carbocycles. The van der Waals surface area contributed by atoms with E-state index in [4.69, 9.17) is 4.42 Å². The van der Waals surface area contributed by atoms with Gasteiger partial charge in [0.1, 0.15) is 34.1 Å². The number of hydrogen-bond donors (Lipinski definition) is 1. The second-order valence-electron chi connectivity index (χ2n) is 8.33. The SMILES string of the molecule is Cc1ccc(C(O)c2ccc(CN3[Si](C)(C)CC[Si]3(C)C)o2)cc1. The monoisotopic (exact) mass is 359 g/mol. The Labute approximate surface area is 147 Å². The second kappa shape index (κ2) is 6.30. The molecule has 1 aromatic carbocycles. The summed E-state index contributed by atoms with van der Waals surface area (Å²) in [6, 6.07) is 14.7. The minimum absolute atomic E-state index is 0.645. The van der Waals surface area contributed by atoms with Gasteiger partial charge in [0.2, 0.25) is 0 Å². The second-order valence-corrected chi connectivity index (χ2v) is 18.1. The highest BCUT2D eigenvalue weighted by atomic mass is 28.4. The van der Waals surface area contributed by atoms with Crippen molar-refractivity contribution in [2.75, 3.05) is 0 Å². The Morgan fingerprint density at radius 1 is 1.00 bits per heavy atom. The molecular formula is C19H29NO2Si2. The van der Waals surface area contributed by atoms with Crippen LogP contribution in [0.25, 0.3) is 0 Å². The molecule has 1 aliphatic rings. The van der Waals surface area contributed by atoms with Crippen molar-refractivity contribution in [1.82, 2.24) is 4.23 Å². The fraction of sp³-hybridized carbons (Fsp3) is 0.474. The number of furan rings is 1. The van der Waals surface area contributed by atoms with Crippen molar-refractivity contribution in [3.05, 3.63) is 59.0 Å². The van der Waals surface area contributed by atoms with Crippen LogP contribution in [-0.2, 0) is 6.54 Å². The Kier molecular flexibility index (Phi) is 4.63. The zero-order valence-electron chi connectivity index (χ0n) is 15.5. The molecule has 1 N–H and O–H groups in total. The molecule has 3 nitrogen and oxygen atoms in total. The van der Waals surface area contributed by atoms with Crippen LogP contribution in [0.5, 0.6) is 0 Å². The Balaban J connectivity index is 1.77. The van der Waals surface area contributed by atoms with E-state index in [0.29, 0.717) is 5.76 Å². The molecule has 24 heavy (non-hydrogen) atoms. The van der Waals surface area contributed by atoms with Gasteiger partial charge >= 0.3 is 0 Å². The van der Waals surface area contributed by atoms with Gasteiger partial charge in [-0.3, -0.25) is 0 Å². The van der Waals surface area contributed by atoms with E-state index in [9.17, 15) is 5.11 Å². The van der Waals surface area contributed by atoms with E-state index in [2.05, 4.69) is 37.3 Å². The van der Waals surface area contributed by atoms with E-state index in [1.807, 2.05) is 36.4 Å². The van der Waals surface area contributed by atoms with Crippen molar-refractivity contribution >= 4 is 16.5 Å². The van der Waals surface area contributed by atoms with Gasteiger partial charge in [0, 0.05) is 6.54 Å². The lowest BCUT2D eigenvalue weighted by Crippen LogP contribution is -2.53. The van der Waals surface area contributed by atoms with Crippen molar-refractivity contribution in [1.29, 1.82) is 0 Å².